The van der Waals surface area contributed by atoms with Crippen molar-refractivity contribution in [2.45, 2.75) is 34.6 Å². The largest absolute Gasteiger partial charge is 0.379 e. The van der Waals surface area contributed by atoms with Gasteiger partial charge in [0.25, 0.3) is 0 Å². The van der Waals surface area contributed by atoms with Gasteiger partial charge in [-0.25, -0.2) is 0 Å². The highest BCUT2D eigenvalue weighted by Crippen LogP contribution is 1.89. The molecule has 1 aliphatic heterocycles. The highest BCUT2D eigenvalue weighted by Gasteiger charge is 2.02. The summed E-state index contributed by atoms with van der Waals surface area (Å²) >= 11 is 0. The summed E-state index contributed by atoms with van der Waals surface area (Å²) in [5.41, 5.74) is 0. The van der Waals surface area contributed by atoms with E-state index in [1.165, 1.54) is 0 Å². The molecule has 0 saturated carbocycles. The van der Waals surface area contributed by atoms with Crippen LogP contribution in [0.4, 0.5) is 0 Å². The molecule has 0 aliphatic carbocycles. The van der Waals surface area contributed by atoms with Gasteiger partial charge in [0.1, 0.15) is 0 Å². The number of ether oxygens (including phenoxy) is 1. The molecular weight excluding hydrogens is 228 g/mol. The van der Waals surface area contributed by atoms with E-state index in [2.05, 4.69) is 29.1 Å². The lowest BCUT2D eigenvalue weighted by Gasteiger charge is -2.21. The zero-order chi connectivity index (χ0) is 14.6. The Morgan fingerprint density at radius 2 is 1.72 bits per heavy atom. The maximum atomic E-state index is 9.50. The average Bonchev–Trinajstić information content (AvgIpc) is 2.45. The minimum Gasteiger partial charge on any atom is -0.379 e. The van der Waals surface area contributed by atoms with Gasteiger partial charge in [0, 0.05) is 13.1 Å². The molecule has 18 heavy (non-hydrogen) atoms. The number of carbonyl (C=O) groups is 1. The summed E-state index contributed by atoms with van der Waals surface area (Å²) in [4.78, 5) is 11.8. The van der Waals surface area contributed by atoms with Gasteiger partial charge in [-0.2, -0.15) is 0 Å². The number of likely N-dealkylation sites (N-methyl/N-ethyl adjacent to an activating group) is 1. The van der Waals surface area contributed by atoms with Gasteiger partial charge < -0.3 is 15.0 Å². The van der Waals surface area contributed by atoms with Gasteiger partial charge in [-0.15, -0.1) is 5.92 Å². The molecule has 0 bridgehead atoms. The molecule has 0 aromatic rings. The van der Waals surface area contributed by atoms with Crippen LogP contribution >= 0.6 is 0 Å². The smallest absolute Gasteiger partial charge is 0.207 e. The molecule has 1 heterocycles. The van der Waals surface area contributed by atoms with Crippen molar-refractivity contribution in [2.75, 3.05) is 39.9 Å². The monoisotopic (exact) mass is 258 g/mol. The van der Waals surface area contributed by atoms with Crippen LogP contribution in [0.2, 0.25) is 0 Å². The minimum absolute atomic E-state index is 0.458. The van der Waals surface area contributed by atoms with Crippen LogP contribution < -0.4 is 5.32 Å². The number of hydrogen-bond acceptors (Lipinski definition) is 3. The lowest BCUT2D eigenvalue weighted by molar-refractivity contribution is -0.109. The third kappa shape index (κ3) is 24.3. The predicted octanol–water partition coefficient (Wildman–Crippen LogP) is 1.76. The molecule has 108 valence electrons. The SMILES string of the molecule is CC.CC.CC#CCNC=O.CN1CCOCC1. The number of hydrogen-bond donors (Lipinski definition) is 1. The number of morpholine rings is 1. The molecule has 0 aromatic heterocycles. The van der Waals surface area contributed by atoms with Gasteiger partial charge in [-0.3, -0.25) is 4.79 Å². The quantitative estimate of drug-likeness (QED) is 0.466. The minimum atomic E-state index is 0.458. The van der Waals surface area contributed by atoms with Crippen molar-refractivity contribution in [1.29, 1.82) is 0 Å². The van der Waals surface area contributed by atoms with Crippen molar-refractivity contribution in [1.82, 2.24) is 10.2 Å². The molecule has 1 N–H and O–H groups in total. The fourth-order valence-electron chi connectivity index (χ4n) is 0.836. The van der Waals surface area contributed by atoms with E-state index >= 15 is 0 Å². The fourth-order valence-corrected chi connectivity index (χ4v) is 0.836. The van der Waals surface area contributed by atoms with E-state index in [0.717, 1.165) is 26.3 Å². The first kappa shape index (κ1) is 22.2. The van der Waals surface area contributed by atoms with E-state index in [9.17, 15) is 4.79 Å². The summed E-state index contributed by atoms with van der Waals surface area (Å²) in [5.74, 6) is 5.29. The molecule has 4 heteroatoms. The Balaban J connectivity index is -0.000000196. The summed E-state index contributed by atoms with van der Waals surface area (Å²) < 4.78 is 5.10. The molecule has 1 fully saturated rings. The van der Waals surface area contributed by atoms with Crippen LogP contribution in [0, 0.1) is 11.8 Å². The first-order chi connectivity index (χ1) is 8.81. The Morgan fingerprint density at radius 1 is 1.22 bits per heavy atom. The standard InChI is InChI=1S/C5H11NO.C5H7NO.2C2H6/c1-6-2-4-7-5-3-6;1-2-3-4-6-5-7;2*1-2/h2-5H2,1H3;5H,4H2,1H3,(H,6,7);2*1-2H3. The molecule has 0 unspecified atom stereocenters. The lowest BCUT2D eigenvalue weighted by atomic mass is 10.5. The average molecular weight is 258 g/mol. The fraction of sp³-hybridized carbons (Fsp3) is 0.786. The van der Waals surface area contributed by atoms with Crippen LogP contribution in [0.15, 0.2) is 0 Å². The Labute approximate surface area is 113 Å². The van der Waals surface area contributed by atoms with Crippen LogP contribution in [0.25, 0.3) is 0 Å². The highest BCUT2D eigenvalue weighted by molar-refractivity contribution is 5.46. The zero-order valence-electron chi connectivity index (χ0n) is 12.9. The van der Waals surface area contributed by atoms with Gasteiger partial charge in [0.05, 0.1) is 19.8 Å². The second-order valence-corrected chi connectivity index (χ2v) is 2.84. The number of nitrogens with zero attached hydrogens (tertiary/aromatic N) is 1. The maximum Gasteiger partial charge on any atom is 0.207 e. The van der Waals surface area contributed by atoms with Gasteiger partial charge in [0.2, 0.25) is 6.41 Å². The van der Waals surface area contributed by atoms with Crippen LogP contribution in [-0.2, 0) is 9.53 Å². The second kappa shape index (κ2) is 25.0. The number of rotatable bonds is 2. The van der Waals surface area contributed by atoms with Crippen molar-refractivity contribution >= 4 is 6.41 Å². The maximum absolute atomic E-state index is 9.50. The van der Waals surface area contributed by atoms with E-state index < -0.39 is 0 Å². The van der Waals surface area contributed by atoms with Gasteiger partial charge in [0.15, 0.2) is 0 Å². The second-order valence-electron chi connectivity index (χ2n) is 2.84. The Bertz CT molecular complexity index is 192. The summed E-state index contributed by atoms with van der Waals surface area (Å²) in [6.45, 7) is 14.2. The molecule has 1 saturated heterocycles. The third-order valence-electron chi connectivity index (χ3n) is 1.69. The van der Waals surface area contributed by atoms with Crippen molar-refractivity contribution < 1.29 is 9.53 Å². The van der Waals surface area contributed by atoms with E-state index in [1.54, 1.807) is 6.92 Å². The predicted molar refractivity (Wildman–Crippen MR) is 78.5 cm³/mol. The van der Waals surface area contributed by atoms with Crippen molar-refractivity contribution in [2.24, 2.45) is 0 Å². The first-order valence-corrected chi connectivity index (χ1v) is 6.64. The van der Waals surface area contributed by atoms with E-state index in [4.69, 9.17) is 4.74 Å². The van der Waals surface area contributed by atoms with E-state index in [1.807, 2.05) is 27.7 Å². The molecule has 1 rings (SSSR count). The van der Waals surface area contributed by atoms with Gasteiger partial charge >= 0.3 is 0 Å². The number of nitrogens with one attached hydrogen (secondary N) is 1. The van der Waals surface area contributed by atoms with Crippen molar-refractivity contribution in [3.8, 4) is 11.8 Å². The molecule has 0 atom stereocenters. The van der Waals surface area contributed by atoms with Crippen molar-refractivity contribution in [3.63, 3.8) is 0 Å². The topological polar surface area (TPSA) is 41.6 Å². The Hall–Kier alpha value is -1.05. The highest BCUT2D eigenvalue weighted by atomic mass is 16.5. The molecular formula is C14H30N2O2. The number of carbonyl (C=O) groups excluding carboxylic acids is 1. The summed E-state index contributed by atoms with van der Waals surface area (Å²) in [6, 6.07) is 0. The van der Waals surface area contributed by atoms with Crippen molar-refractivity contribution in [3.05, 3.63) is 0 Å². The van der Waals surface area contributed by atoms with Gasteiger partial charge in [-0.1, -0.05) is 33.6 Å². The van der Waals surface area contributed by atoms with Crippen LogP contribution in [0.1, 0.15) is 34.6 Å². The molecule has 0 aromatic carbocycles. The summed E-state index contributed by atoms with van der Waals surface area (Å²) in [7, 11) is 2.11. The Morgan fingerprint density at radius 3 is 2.00 bits per heavy atom. The summed E-state index contributed by atoms with van der Waals surface area (Å²) in [5, 5.41) is 2.40. The van der Waals surface area contributed by atoms with Crippen LogP contribution in [-0.4, -0.2) is 51.2 Å². The van der Waals surface area contributed by atoms with E-state index in [0.29, 0.717) is 13.0 Å². The normalized spacial score (nSPS) is 12.8. The molecule has 0 spiro atoms. The molecule has 0 radical (unpaired) electrons. The zero-order valence-corrected chi connectivity index (χ0v) is 12.9. The first-order valence-electron chi connectivity index (χ1n) is 6.64. The van der Waals surface area contributed by atoms with Crippen LogP contribution in [0.5, 0.6) is 0 Å². The molecule has 1 amide bonds. The van der Waals surface area contributed by atoms with E-state index in [-0.39, 0.29) is 0 Å². The lowest BCUT2D eigenvalue weighted by Crippen LogP contribution is -2.32. The molecule has 1 aliphatic rings. The van der Waals surface area contributed by atoms with Gasteiger partial charge in [-0.05, 0) is 14.0 Å². The Kier molecular flexibility index (Phi) is 30.7. The summed E-state index contributed by atoms with van der Waals surface area (Å²) in [6.07, 6.45) is 0.629. The number of amides is 1. The molecule has 4 nitrogen and oxygen atoms in total. The third-order valence-corrected chi connectivity index (χ3v) is 1.69. The van der Waals surface area contributed by atoms with Crippen LogP contribution in [0.3, 0.4) is 0 Å².